The summed E-state index contributed by atoms with van der Waals surface area (Å²) in [4.78, 5) is 0.945. The summed E-state index contributed by atoms with van der Waals surface area (Å²) in [5, 5.41) is 15.1. The summed E-state index contributed by atoms with van der Waals surface area (Å²) in [5.74, 6) is -0.188. The molecule has 1 aliphatic heterocycles. The van der Waals surface area contributed by atoms with E-state index in [0.29, 0.717) is 25.3 Å². The van der Waals surface area contributed by atoms with Gasteiger partial charge in [0.05, 0.1) is 6.61 Å². The standard InChI is InChI=1S/C18H22FNO2S/c19-16-4-3-14(10-15(16)17-2-1-9-23-17)11-20-12-18(13-21)5-7-22-8-6-18/h1-4,9-10,20-21H,5-8,11-13H2. The van der Waals surface area contributed by atoms with Crippen LogP contribution in [0.15, 0.2) is 35.7 Å². The molecule has 0 radical (unpaired) electrons. The quantitative estimate of drug-likeness (QED) is 0.850. The Bertz CT molecular complexity index is 624. The Morgan fingerprint density at radius 2 is 2.09 bits per heavy atom. The third-order valence-corrected chi connectivity index (χ3v) is 5.44. The molecule has 0 bridgehead atoms. The average molecular weight is 335 g/mol. The first kappa shape index (κ1) is 16.6. The highest BCUT2D eigenvalue weighted by Crippen LogP contribution is 2.30. The molecular formula is C18H22FNO2S. The average Bonchev–Trinajstić information content (AvgIpc) is 3.11. The van der Waals surface area contributed by atoms with E-state index in [9.17, 15) is 9.50 Å². The summed E-state index contributed by atoms with van der Waals surface area (Å²) in [6.45, 7) is 3.01. The first-order valence-electron chi connectivity index (χ1n) is 7.94. The summed E-state index contributed by atoms with van der Waals surface area (Å²) in [5.41, 5.74) is 1.62. The van der Waals surface area contributed by atoms with E-state index in [0.717, 1.165) is 29.8 Å². The van der Waals surface area contributed by atoms with Gasteiger partial charge in [-0.15, -0.1) is 11.3 Å². The highest BCUT2D eigenvalue weighted by Gasteiger charge is 2.31. The van der Waals surface area contributed by atoms with E-state index >= 15 is 0 Å². The van der Waals surface area contributed by atoms with Crippen LogP contribution in [0.1, 0.15) is 18.4 Å². The van der Waals surface area contributed by atoms with Gasteiger partial charge in [-0.3, -0.25) is 0 Å². The second-order valence-corrected chi connectivity index (χ2v) is 7.11. The minimum atomic E-state index is -0.188. The molecule has 1 aliphatic rings. The van der Waals surface area contributed by atoms with E-state index < -0.39 is 0 Å². The third-order valence-electron chi connectivity index (χ3n) is 4.54. The van der Waals surface area contributed by atoms with Gasteiger partial charge in [0.25, 0.3) is 0 Å². The summed E-state index contributed by atoms with van der Waals surface area (Å²) >= 11 is 1.54. The molecule has 0 saturated carbocycles. The second-order valence-electron chi connectivity index (χ2n) is 6.17. The predicted molar refractivity (Wildman–Crippen MR) is 91.0 cm³/mol. The SMILES string of the molecule is OCC1(CNCc2ccc(F)c(-c3cccs3)c2)CCOCC1. The fraction of sp³-hybridized carbons (Fsp3) is 0.444. The number of ether oxygens (including phenoxy) is 1. The van der Waals surface area contributed by atoms with E-state index in [1.54, 1.807) is 11.3 Å². The number of hydrogen-bond acceptors (Lipinski definition) is 4. The second kappa shape index (κ2) is 7.53. The molecule has 1 fully saturated rings. The van der Waals surface area contributed by atoms with Crippen LogP contribution >= 0.6 is 11.3 Å². The van der Waals surface area contributed by atoms with E-state index in [1.807, 2.05) is 29.6 Å². The molecule has 1 aromatic carbocycles. The minimum Gasteiger partial charge on any atom is -0.396 e. The van der Waals surface area contributed by atoms with Gasteiger partial charge in [-0.1, -0.05) is 12.1 Å². The van der Waals surface area contributed by atoms with Crippen molar-refractivity contribution in [2.75, 3.05) is 26.4 Å². The predicted octanol–water partition coefficient (Wildman–Crippen LogP) is 3.43. The molecule has 2 N–H and O–H groups in total. The first-order valence-corrected chi connectivity index (χ1v) is 8.82. The van der Waals surface area contributed by atoms with Gasteiger partial charge >= 0.3 is 0 Å². The van der Waals surface area contributed by atoms with Crippen molar-refractivity contribution >= 4 is 11.3 Å². The molecule has 0 spiro atoms. The molecule has 0 atom stereocenters. The van der Waals surface area contributed by atoms with Crippen LogP contribution in [0.4, 0.5) is 4.39 Å². The van der Waals surface area contributed by atoms with Crippen molar-refractivity contribution in [1.29, 1.82) is 0 Å². The zero-order valence-electron chi connectivity index (χ0n) is 13.1. The number of rotatable bonds is 6. The molecule has 23 heavy (non-hydrogen) atoms. The molecule has 1 saturated heterocycles. The van der Waals surface area contributed by atoms with Gasteiger partial charge in [-0.25, -0.2) is 4.39 Å². The Kier molecular flexibility index (Phi) is 5.43. The van der Waals surface area contributed by atoms with Gasteiger partial charge in [-0.05, 0) is 42.0 Å². The number of aliphatic hydroxyl groups excluding tert-OH is 1. The van der Waals surface area contributed by atoms with Crippen molar-refractivity contribution in [2.45, 2.75) is 19.4 Å². The summed E-state index contributed by atoms with van der Waals surface area (Å²) in [6, 6.07) is 9.12. The summed E-state index contributed by atoms with van der Waals surface area (Å²) in [6.07, 6.45) is 1.75. The van der Waals surface area contributed by atoms with Crippen LogP contribution in [0.5, 0.6) is 0 Å². The van der Waals surface area contributed by atoms with Crippen LogP contribution in [0.3, 0.4) is 0 Å². The number of hydrogen-bond donors (Lipinski definition) is 2. The minimum absolute atomic E-state index is 0.0884. The molecule has 2 aromatic rings. The molecule has 5 heteroatoms. The van der Waals surface area contributed by atoms with Crippen LogP contribution in [-0.2, 0) is 11.3 Å². The Hall–Kier alpha value is -1.27. The molecule has 0 unspecified atom stereocenters. The molecule has 1 aromatic heterocycles. The Morgan fingerprint density at radius 1 is 1.26 bits per heavy atom. The maximum atomic E-state index is 14.0. The third kappa shape index (κ3) is 3.98. The fourth-order valence-corrected chi connectivity index (χ4v) is 3.71. The zero-order chi connectivity index (χ0) is 16.1. The van der Waals surface area contributed by atoms with Crippen molar-refractivity contribution in [1.82, 2.24) is 5.32 Å². The Balaban J connectivity index is 1.63. The Morgan fingerprint density at radius 3 is 2.78 bits per heavy atom. The first-order chi connectivity index (χ1) is 11.2. The smallest absolute Gasteiger partial charge is 0.131 e. The van der Waals surface area contributed by atoms with Crippen LogP contribution in [-0.4, -0.2) is 31.5 Å². The monoisotopic (exact) mass is 335 g/mol. The van der Waals surface area contributed by atoms with Crippen LogP contribution in [0.25, 0.3) is 10.4 Å². The van der Waals surface area contributed by atoms with Gasteiger partial charge in [-0.2, -0.15) is 0 Å². The van der Waals surface area contributed by atoms with Crippen molar-refractivity contribution in [2.24, 2.45) is 5.41 Å². The topological polar surface area (TPSA) is 41.5 Å². The molecule has 0 aliphatic carbocycles. The van der Waals surface area contributed by atoms with Gasteiger partial charge in [0.2, 0.25) is 0 Å². The lowest BCUT2D eigenvalue weighted by atomic mass is 9.81. The molecule has 0 amide bonds. The lowest BCUT2D eigenvalue weighted by Gasteiger charge is -2.35. The zero-order valence-corrected chi connectivity index (χ0v) is 13.9. The van der Waals surface area contributed by atoms with Crippen molar-refractivity contribution in [3.05, 3.63) is 47.1 Å². The summed E-state index contributed by atoms with van der Waals surface area (Å²) in [7, 11) is 0. The maximum Gasteiger partial charge on any atom is 0.131 e. The van der Waals surface area contributed by atoms with E-state index in [1.165, 1.54) is 6.07 Å². The number of aliphatic hydroxyl groups is 1. The van der Waals surface area contributed by atoms with Crippen LogP contribution in [0, 0.1) is 11.2 Å². The lowest BCUT2D eigenvalue weighted by molar-refractivity contribution is -0.0154. The molecule has 2 heterocycles. The number of thiophene rings is 1. The van der Waals surface area contributed by atoms with E-state index in [-0.39, 0.29) is 17.8 Å². The van der Waals surface area contributed by atoms with Crippen LogP contribution in [0.2, 0.25) is 0 Å². The van der Waals surface area contributed by atoms with Crippen molar-refractivity contribution < 1.29 is 14.2 Å². The molecular weight excluding hydrogens is 313 g/mol. The normalized spacial score (nSPS) is 17.3. The van der Waals surface area contributed by atoms with Gasteiger partial charge in [0, 0.05) is 42.2 Å². The maximum absolute atomic E-state index is 14.0. The van der Waals surface area contributed by atoms with E-state index in [4.69, 9.17) is 4.74 Å². The van der Waals surface area contributed by atoms with Gasteiger partial charge in [0.15, 0.2) is 0 Å². The fourth-order valence-electron chi connectivity index (χ4n) is 2.97. The van der Waals surface area contributed by atoms with E-state index in [2.05, 4.69) is 5.32 Å². The summed E-state index contributed by atoms with van der Waals surface area (Å²) < 4.78 is 19.4. The molecule has 124 valence electrons. The van der Waals surface area contributed by atoms with Crippen LogP contribution < -0.4 is 5.32 Å². The van der Waals surface area contributed by atoms with Crippen molar-refractivity contribution in [3.8, 4) is 10.4 Å². The van der Waals surface area contributed by atoms with Crippen molar-refractivity contribution in [3.63, 3.8) is 0 Å². The Labute approximate surface area is 140 Å². The molecule has 3 nitrogen and oxygen atoms in total. The number of nitrogens with one attached hydrogen (secondary N) is 1. The highest BCUT2D eigenvalue weighted by molar-refractivity contribution is 7.13. The molecule has 3 rings (SSSR count). The highest BCUT2D eigenvalue weighted by atomic mass is 32.1. The lowest BCUT2D eigenvalue weighted by Crippen LogP contribution is -2.41. The largest absolute Gasteiger partial charge is 0.396 e. The van der Waals surface area contributed by atoms with Gasteiger partial charge < -0.3 is 15.2 Å². The number of benzene rings is 1. The number of halogens is 1. The van der Waals surface area contributed by atoms with Gasteiger partial charge in [0.1, 0.15) is 5.82 Å².